The van der Waals surface area contributed by atoms with Gasteiger partial charge in [0.2, 0.25) is 0 Å². The van der Waals surface area contributed by atoms with E-state index in [0.717, 1.165) is 0 Å². The van der Waals surface area contributed by atoms with Gasteiger partial charge in [0.25, 0.3) is 0 Å². The highest BCUT2D eigenvalue weighted by molar-refractivity contribution is 6.36. The molecule has 0 atom stereocenters. The average Bonchev–Trinajstić information content (AvgIpc) is 2.28. The Labute approximate surface area is 91.1 Å². The van der Waals surface area contributed by atoms with Crippen molar-refractivity contribution in [3.63, 3.8) is 0 Å². The Balaban J connectivity index is 3.10. The standard InChI is InChI=1S/C10H8N2O4/c1-16-8-4-2-3-7(6(8)5-11)12-9(13)10(14)15/h2-4H,1H3,(H,12,13)(H,14,15). The fourth-order valence-corrected chi connectivity index (χ4v) is 1.10. The zero-order chi connectivity index (χ0) is 12.1. The van der Waals surface area contributed by atoms with E-state index in [1.807, 2.05) is 6.07 Å². The summed E-state index contributed by atoms with van der Waals surface area (Å²) in [6.07, 6.45) is 0. The molecule has 82 valence electrons. The first-order valence-corrected chi connectivity index (χ1v) is 4.21. The number of aliphatic carboxylic acids is 1. The number of benzene rings is 1. The van der Waals surface area contributed by atoms with Gasteiger partial charge in [0.15, 0.2) is 0 Å². The van der Waals surface area contributed by atoms with Crippen LogP contribution in [0.4, 0.5) is 5.69 Å². The Morgan fingerprint density at radius 3 is 2.69 bits per heavy atom. The predicted molar refractivity (Wildman–Crippen MR) is 54.0 cm³/mol. The molecule has 1 aromatic carbocycles. The van der Waals surface area contributed by atoms with Crippen LogP contribution in [0.2, 0.25) is 0 Å². The van der Waals surface area contributed by atoms with Gasteiger partial charge in [0.05, 0.1) is 12.8 Å². The van der Waals surface area contributed by atoms with Crippen molar-refractivity contribution in [3.8, 4) is 11.8 Å². The number of hydrogen-bond acceptors (Lipinski definition) is 4. The second-order valence-corrected chi connectivity index (χ2v) is 2.75. The molecule has 0 fully saturated rings. The lowest BCUT2D eigenvalue weighted by Gasteiger charge is -2.07. The summed E-state index contributed by atoms with van der Waals surface area (Å²) in [6, 6.07) is 6.32. The second kappa shape index (κ2) is 4.79. The number of methoxy groups -OCH3 is 1. The summed E-state index contributed by atoms with van der Waals surface area (Å²) >= 11 is 0. The molecular formula is C10H8N2O4. The minimum Gasteiger partial charge on any atom is -0.495 e. The Morgan fingerprint density at radius 1 is 1.50 bits per heavy atom. The van der Waals surface area contributed by atoms with Crippen LogP contribution in [0.5, 0.6) is 5.75 Å². The molecule has 0 aliphatic heterocycles. The van der Waals surface area contributed by atoms with Crippen LogP contribution in [0.15, 0.2) is 18.2 Å². The molecule has 0 saturated heterocycles. The van der Waals surface area contributed by atoms with Crippen molar-refractivity contribution in [1.29, 1.82) is 5.26 Å². The number of carbonyl (C=O) groups excluding carboxylic acids is 1. The van der Waals surface area contributed by atoms with Crippen molar-refractivity contribution >= 4 is 17.6 Å². The number of ether oxygens (including phenoxy) is 1. The monoisotopic (exact) mass is 220 g/mol. The van der Waals surface area contributed by atoms with Gasteiger partial charge in [-0.25, -0.2) is 4.79 Å². The third kappa shape index (κ3) is 2.27. The summed E-state index contributed by atoms with van der Waals surface area (Å²) in [4.78, 5) is 21.3. The molecule has 6 heteroatoms. The molecule has 2 N–H and O–H groups in total. The zero-order valence-electron chi connectivity index (χ0n) is 8.35. The summed E-state index contributed by atoms with van der Waals surface area (Å²) in [5, 5.41) is 19.4. The van der Waals surface area contributed by atoms with Gasteiger partial charge in [-0.2, -0.15) is 5.26 Å². The molecule has 0 radical (unpaired) electrons. The first-order valence-electron chi connectivity index (χ1n) is 4.21. The van der Waals surface area contributed by atoms with Gasteiger partial charge in [0.1, 0.15) is 17.4 Å². The highest BCUT2D eigenvalue weighted by Crippen LogP contribution is 2.25. The Bertz CT molecular complexity index is 476. The molecule has 0 aromatic heterocycles. The molecule has 0 spiro atoms. The molecule has 1 rings (SSSR count). The molecule has 0 saturated carbocycles. The van der Waals surface area contributed by atoms with Crippen LogP contribution in [-0.2, 0) is 9.59 Å². The average molecular weight is 220 g/mol. The minimum absolute atomic E-state index is 0.0830. The van der Waals surface area contributed by atoms with E-state index >= 15 is 0 Å². The highest BCUT2D eigenvalue weighted by atomic mass is 16.5. The fourth-order valence-electron chi connectivity index (χ4n) is 1.10. The van der Waals surface area contributed by atoms with Gasteiger partial charge in [-0.1, -0.05) is 6.07 Å². The molecular weight excluding hydrogens is 212 g/mol. The van der Waals surface area contributed by atoms with E-state index in [2.05, 4.69) is 5.32 Å². The molecule has 1 aromatic rings. The highest BCUT2D eigenvalue weighted by Gasteiger charge is 2.15. The molecule has 0 aliphatic rings. The number of amides is 1. The molecule has 0 bridgehead atoms. The van der Waals surface area contributed by atoms with Gasteiger partial charge < -0.3 is 15.2 Å². The predicted octanol–water partition coefficient (Wildman–Crippen LogP) is 0.590. The van der Waals surface area contributed by atoms with Gasteiger partial charge in [-0.15, -0.1) is 0 Å². The first kappa shape index (κ1) is 11.5. The van der Waals surface area contributed by atoms with Crippen LogP contribution >= 0.6 is 0 Å². The number of nitriles is 1. The van der Waals surface area contributed by atoms with Crippen molar-refractivity contribution in [2.45, 2.75) is 0 Å². The van der Waals surface area contributed by atoms with Crippen molar-refractivity contribution in [3.05, 3.63) is 23.8 Å². The third-order valence-corrected chi connectivity index (χ3v) is 1.80. The van der Waals surface area contributed by atoms with E-state index in [9.17, 15) is 9.59 Å². The quantitative estimate of drug-likeness (QED) is 0.710. The number of nitrogens with one attached hydrogen (secondary N) is 1. The lowest BCUT2D eigenvalue weighted by atomic mass is 10.1. The minimum atomic E-state index is -1.62. The number of hydrogen-bond donors (Lipinski definition) is 2. The van der Waals surface area contributed by atoms with Crippen LogP contribution in [0.1, 0.15) is 5.56 Å². The van der Waals surface area contributed by atoms with Gasteiger partial charge in [0, 0.05) is 0 Å². The molecule has 16 heavy (non-hydrogen) atoms. The zero-order valence-corrected chi connectivity index (χ0v) is 8.35. The maximum absolute atomic E-state index is 10.9. The smallest absolute Gasteiger partial charge is 0.394 e. The number of carboxylic acid groups (broad SMARTS) is 1. The number of carboxylic acids is 1. The van der Waals surface area contributed by atoms with Gasteiger partial charge in [-0.05, 0) is 12.1 Å². The van der Waals surface area contributed by atoms with E-state index in [1.165, 1.54) is 25.3 Å². The SMILES string of the molecule is COc1cccc(NC(=O)C(=O)O)c1C#N. The van der Waals surface area contributed by atoms with Gasteiger partial charge in [-0.3, -0.25) is 4.79 Å². The van der Waals surface area contributed by atoms with Crippen LogP contribution in [0.3, 0.4) is 0 Å². The topological polar surface area (TPSA) is 99.4 Å². The summed E-state index contributed by atoms with van der Waals surface area (Å²) < 4.78 is 4.90. The van der Waals surface area contributed by atoms with Gasteiger partial charge >= 0.3 is 11.9 Å². The Kier molecular flexibility index (Phi) is 3.45. The van der Waals surface area contributed by atoms with Crippen molar-refractivity contribution in [2.75, 3.05) is 12.4 Å². The maximum Gasteiger partial charge on any atom is 0.394 e. The fraction of sp³-hybridized carbons (Fsp3) is 0.100. The van der Waals surface area contributed by atoms with Crippen LogP contribution in [0.25, 0.3) is 0 Å². The van der Waals surface area contributed by atoms with Crippen molar-refractivity contribution in [1.82, 2.24) is 0 Å². The van der Waals surface area contributed by atoms with Crippen LogP contribution in [-0.4, -0.2) is 24.1 Å². The summed E-state index contributed by atoms with van der Waals surface area (Å²) in [6.45, 7) is 0. The third-order valence-electron chi connectivity index (χ3n) is 1.80. The van der Waals surface area contributed by atoms with Crippen LogP contribution < -0.4 is 10.1 Å². The van der Waals surface area contributed by atoms with E-state index in [4.69, 9.17) is 15.1 Å². The molecule has 1 amide bonds. The maximum atomic E-state index is 10.9. The van der Waals surface area contributed by atoms with Crippen molar-refractivity contribution < 1.29 is 19.4 Å². The normalized spacial score (nSPS) is 9.00. The number of rotatable bonds is 2. The molecule has 0 unspecified atom stereocenters. The van der Waals surface area contributed by atoms with Crippen LogP contribution in [0, 0.1) is 11.3 Å². The molecule has 6 nitrogen and oxygen atoms in total. The number of carbonyl (C=O) groups is 2. The lowest BCUT2D eigenvalue weighted by Crippen LogP contribution is -2.22. The van der Waals surface area contributed by atoms with E-state index < -0.39 is 11.9 Å². The van der Waals surface area contributed by atoms with E-state index in [-0.39, 0.29) is 17.0 Å². The summed E-state index contributed by atoms with van der Waals surface area (Å²) in [7, 11) is 1.37. The number of nitrogens with zero attached hydrogens (tertiary/aromatic N) is 1. The lowest BCUT2D eigenvalue weighted by molar-refractivity contribution is -0.147. The molecule has 0 heterocycles. The first-order chi connectivity index (χ1) is 7.60. The largest absolute Gasteiger partial charge is 0.495 e. The van der Waals surface area contributed by atoms with Crippen molar-refractivity contribution in [2.24, 2.45) is 0 Å². The molecule has 0 aliphatic carbocycles. The van der Waals surface area contributed by atoms with E-state index in [0.29, 0.717) is 0 Å². The summed E-state index contributed by atoms with van der Waals surface area (Å²) in [5.74, 6) is -2.55. The summed E-state index contributed by atoms with van der Waals surface area (Å²) in [5.41, 5.74) is 0.189. The Hall–Kier alpha value is -2.55. The second-order valence-electron chi connectivity index (χ2n) is 2.75. The number of anilines is 1. The Morgan fingerprint density at radius 2 is 2.19 bits per heavy atom. The van der Waals surface area contributed by atoms with E-state index in [1.54, 1.807) is 0 Å².